The number of hydrogen-bond acceptors (Lipinski definition) is 8. The largest absolute Gasteiger partial charge is 0.389 e. The van der Waals surface area contributed by atoms with Gasteiger partial charge in [0.15, 0.2) is 0 Å². The lowest BCUT2D eigenvalue weighted by Crippen LogP contribution is -2.50. The molecule has 3 atom stereocenters. The Hall–Kier alpha value is -4.09. The molecule has 2 aromatic carbocycles. The number of pyridine rings is 1. The van der Waals surface area contributed by atoms with Crippen LogP contribution in [0.4, 0.5) is 5.82 Å². The molecule has 4 N–H and O–H groups in total. The summed E-state index contributed by atoms with van der Waals surface area (Å²) in [6.45, 7) is 10.0. The maximum absolute atomic E-state index is 13.4. The Morgan fingerprint density at radius 3 is 2.31 bits per heavy atom. The van der Waals surface area contributed by atoms with E-state index in [9.17, 15) is 9.90 Å². The summed E-state index contributed by atoms with van der Waals surface area (Å²) in [5.74, 6) is 0.0477. The van der Waals surface area contributed by atoms with Gasteiger partial charge in [0.2, 0.25) is 0 Å². The van der Waals surface area contributed by atoms with Gasteiger partial charge in [-0.25, -0.2) is 4.98 Å². The van der Waals surface area contributed by atoms with Crippen LogP contribution in [0.5, 0.6) is 0 Å². The van der Waals surface area contributed by atoms with Crippen LogP contribution < -0.4 is 11.1 Å². The van der Waals surface area contributed by atoms with Crippen molar-refractivity contribution in [3.63, 3.8) is 0 Å². The average molecular weight is 664 g/mol. The lowest BCUT2D eigenvalue weighted by Gasteiger charge is -2.37. The fourth-order valence-corrected chi connectivity index (χ4v) is 7.78. The number of hydrogen-bond donors (Lipinski definition) is 3. The zero-order valence-electron chi connectivity index (χ0n) is 28.9. The minimum atomic E-state index is -0.645. The van der Waals surface area contributed by atoms with E-state index in [0.717, 1.165) is 81.6 Å². The lowest BCUT2D eigenvalue weighted by molar-refractivity contribution is 0.0167. The van der Waals surface area contributed by atoms with Crippen LogP contribution in [0, 0.1) is 5.41 Å². The van der Waals surface area contributed by atoms with Crippen LogP contribution in [-0.2, 0) is 24.9 Å². The van der Waals surface area contributed by atoms with E-state index in [1.165, 1.54) is 16.7 Å². The highest BCUT2D eigenvalue weighted by atomic mass is 16.5. The summed E-state index contributed by atoms with van der Waals surface area (Å²) in [5, 5.41) is 17.6. The SMILES string of the molecule is Cn1cc(-c2cnc(N)c(C(=O)NC3CCCC34CC4OCc3ccc(-c4ccc(CN5CCN(CC(C)(C)O)CC5)cc4)cc3)c2)cn1. The molecule has 1 aliphatic heterocycles. The first kappa shape index (κ1) is 33.4. The number of carbonyl (C=O) groups excluding carboxylic acids is 1. The molecule has 3 aliphatic rings. The molecule has 3 unspecified atom stereocenters. The molecule has 1 amide bonds. The fraction of sp³-hybridized carbons (Fsp3) is 0.462. The number of β-amino-alcohol motifs (C(OH)–C–C–N with tert-alkyl or cyclic N) is 1. The third kappa shape index (κ3) is 7.73. The summed E-state index contributed by atoms with van der Waals surface area (Å²) >= 11 is 0. The predicted molar refractivity (Wildman–Crippen MR) is 191 cm³/mol. The molecule has 1 spiro atoms. The number of nitrogens with zero attached hydrogens (tertiary/aromatic N) is 5. The topological polar surface area (TPSA) is 122 Å². The molecule has 10 heteroatoms. The second-order valence-electron chi connectivity index (χ2n) is 15.0. The molecule has 2 saturated carbocycles. The molecule has 2 aliphatic carbocycles. The quantitative estimate of drug-likeness (QED) is 0.208. The van der Waals surface area contributed by atoms with Crippen LogP contribution in [0.1, 0.15) is 61.0 Å². The second-order valence-corrected chi connectivity index (χ2v) is 15.0. The highest BCUT2D eigenvalue weighted by Crippen LogP contribution is 2.59. The van der Waals surface area contributed by atoms with E-state index >= 15 is 0 Å². The Kier molecular flexibility index (Phi) is 9.32. The van der Waals surface area contributed by atoms with E-state index in [2.05, 4.69) is 73.7 Å². The van der Waals surface area contributed by atoms with Gasteiger partial charge < -0.3 is 20.9 Å². The fourth-order valence-electron chi connectivity index (χ4n) is 7.78. The van der Waals surface area contributed by atoms with Crippen molar-refractivity contribution in [2.45, 2.75) is 70.4 Å². The molecule has 0 radical (unpaired) electrons. The number of rotatable bonds is 11. The van der Waals surface area contributed by atoms with E-state index < -0.39 is 5.60 Å². The molecule has 49 heavy (non-hydrogen) atoms. The Bertz CT molecular complexity index is 1760. The number of aryl methyl sites for hydroxylation is 1. The number of carbonyl (C=O) groups is 1. The number of aliphatic hydroxyl groups is 1. The number of benzene rings is 2. The molecular formula is C39H49N7O3. The number of piperazine rings is 1. The zero-order valence-corrected chi connectivity index (χ0v) is 28.9. The van der Waals surface area contributed by atoms with E-state index in [1.54, 1.807) is 23.1 Å². The molecule has 7 rings (SSSR count). The average Bonchev–Trinajstić information content (AvgIpc) is 3.36. The third-order valence-corrected chi connectivity index (χ3v) is 10.6. The van der Waals surface area contributed by atoms with Crippen molar-refractivity contribution in [1.29, 1.82) is 0 Å². The number of nitrogen functional groups attached to an aromatic ring is 1. The van der Waals surface area contributed by atoms with E-state index in [4.69, 9.17) is 10.5 Å². The van der Waals surface area contributed by atoms with Crippen LogP contribution in [0.15, 0.2) is 73.2 Å². The molecule has 258 valence electrons. The number of amides is 1. The van der Waals surface area contributed by atoms with E-state index in [1.807, 2.05) is 27.1 Å². The van der Waals surface area contributed by atoms with Crippen LogP contribution >= 0.6 is 0 Å². The van der Waals surface area contributed by atoms with E-state index in [0.29, 0.717) is 12.2 Å². The van der Waals surface area contributed by atoms with Crippen molar-refractivity contribution in [3.8, 4) is 22.3 Å². The molecular weight excluding hydrogens is 614 g/mol. The zero-order chi connectivity index (χ0) is 34.2. The van der Waals surface area contributed by atoms with Gasteiger partial charge in [0, 0.05) is 81.3 Å². The van der Waals surface area contributed by atoms with Crippen LogP contribution in [0.3, 0.4) is 0 Å². The van der Waals surface area contributed by atoms with Crippen molar-refractivity contribution in [1.82, 2.24) is 29.9 Å². The number of ether oxygens (including phenoxy) is 1. The molecule has 10 nitrogen and oxygen atoms in total. The van der Waals surface area contributed by atoms with Gasteiger partial charge in [-0.2, -0.15) is 5.10 Å². The van der Waals surface area contributed by atoms with Gasteiger partial charge >= 0.3 is 0 Å². The van der Waals surface area contributed by atoms with Gasteiger partial charge in [0.1, 0.15) is 5.82 Å². The number of anilines is 1. The lowest BCUT2D eigenvalue weighted by atomic mass is 9.99. The number of nitrogens with two attached hydrogens (primary N) is 1. The Morgan fingerprint density at radius 1 is 0.980 bits per heavy atom. The van der Waals surface area contributed by atoms with Gasteiger partial charge in [-0.1, -0.05) is 55.0 Å². The molecule has 4 aromatic rings. The number of nitrogens with one attached hydrogen (secondary N) is 1. The summed E-state index contributed by atoms with van der Waals surface area (Å²) in [7, 11) is 1.86. The Morgan fingerprint density at radius 2 is 1.65 bits per heavy atom. The summed E-state index contributed by atoms with van der Waals surface area (Å²) in [4.78, 5) is 22.6. The standard InChI is InChI=1S/C39H49N7O3/c1-38(2,48)26-46-17-15-45(16-18-46)23-27-6-10-29(11-7-27)30-12-8-28(9-13-30)25-49-35-20-39(35)14-4-5-34(39)43-37(47)33-19-31(21-41-36(33)40)32-22-42-44(3)24-32/h6-13,19,21-22,24,34-35,48H,4-5,14-18,20,23,25-26H2,1-3H3,(H2,40,41)(H,43,47). The summed E-state index contributed by atoms with van der Waals surface area (Å²) in [6.07, 6.45) is 9.49. The normalized spacial score (nSPS) is 22.9. The maximum Gasteiger partial charge on any atom is 0.255 e. The highest BCUT2D eigenvalue weighted by molar-refractivity contribution is 5.99. The van der Waals surface area contributed by atoms with Gasteiger partial charge in [0.25, 0.3) is 5.91 Å². The van der Waals surface area contributed by atoms with Crippen LogP contribution in [-0.4, -0.2) is 86.0 Å². The van der Waals surface area contributed by atoms with Crippen molar-refractivity contribution < 1.29 is 14.6 Å². The first-order chi connectivity index (χ1) is 23.5. The molecule has 1 saturated heterocycles. The summed E-state index contributed by atoms with van der Waals surface area (Å²) in [6, 6.07) is 19.4. The van der Waals surface area contributed by atoms with Crippen molar-refractivity contribution >= 4 is 11.7 Å². The van der Waals surface area contributed by atoms with Gasteiger partial charge in [-0.15, -0.1) is 0 Å². The van der Waals surface area contributed by atoms with Crippen molar-refractivity contribution in [2.75, 3.05) is 38.5 Å². The maximum atomic E-state index is 13.4. The molecule has 0 bridgehead atoms. The highest BCUT2D eigenvalue weighted by Gasteiger charge is 2.62. The molecule has 2 aromatic heterocycles. The van der Waals surface area contributed by atoms with Crippen LogP contribution in [0.25, 0.3) is 22.3 Å². The van der Waals surface area contributed by atoms with Gasteiger partial charge in [-0.3, -0.25) is 19.3 Å². The minimum absolute atomic E-state index is 0.00950. The van der Waals surface area contributed by atoms with E-state index in [-0.39, 0.29) is 29.3 Å². The monoisotopic (exact) mass is 663 g/mol. The summed E-state index contributed by atoms with van der Waals surface area (Å²) < 4.78 is 8.17. The smallest absolute Gasteiger partial charge is 0.255 e. The van der Waals surface area contributed by atoms with Crippen LogP contribution in [0.2, 0.25) is 0 Å². The Labute approximate surface area is 289 Å². The minimum Gasteiger partial charge on any atom is -0.389 e. The predicted octanol–water partition coefficient (Wildman–Crippen LogP) is 4.88. The van der Waals surface area contributed by atoms with Gasteiger partial charge in [-0.05, 0) is 61.4 Å². The number of aromatic nitrogens is 3. The first-order valence-corrected chi connectivity index (χ1v) is 17.6. The van der Waals surface area contributed by atoms with Crippen molar-refractivity contribution in [2.24, 2.45) is 12.5 Å². The second kappa shape index (κ2) is 13.7. The summed E-state index contributed by atoms with van der Waals surface area (Å²) in [5.41, 5.74) is 12.5. The third-order valence-electron chi connectivity index (χ3n) is 10.6. The van der Waals surface area contributed by atoms with Crippen molar-refractivity contribution in [3.05, 3.63) is 89.9 Å². The molecule has 3 fully saturated rings. The van der Waals surface area contributed by atoms with Gasteiger partial charge in [0.05, 0.1) is 30.1 Å². The first-order valence-electron chi connectivity index (χ1n) is 17.6. The molecule has 3 heterocycles. The Balaban J connectivity index is 0.893.